The third-order valence-electron chi connectivity index (χ3n) is 7.72. The molecule has 0 spiro atoms. The molecular formula is C30H30F2N4O. The van der Waals surface area contributed by atoms with Crippen molar-refractivity contribution in [2.75, 3.05) is 39.8 Å². The Morgan fingerprint density at radius 3 is 2.14 bits per heavy atom. The summed E-state index contributed by atoms with van der Waals surface area (Å²) in [5.41, 5.74) is 7.12. The highest BCUT2D eigenvalue weighted by molar-refractivity contribution is 5.95. The first-order valence-electron chi connectivity index (χ1n) is 12.9. The Morgan fingerprint density at radius 1 is 0.838 bits per heavy atom. The highest BCUT2D eigenvalue weighted by Crippen LogP contribution is 2.36. The number of rotatable bonds is 4. The molecular weight excluding hydrogens is 470 g/mol. The van der Waals surface area contributed by atoms with Crippen LogP contribution in [0.5, 0.6) is 0 Å². The van der Waals surface area contributed by atoms with E-state index in [4.69, 9.17) is 0 Å². The number of piperazine rings is 1. The van der Waals surface area contributed by atoms with Gasteiger partial charge >= 0.3 is 5.69 Å². The number of nitrogens with one attached hydrogen (secondary N) is 1. The smallest absolute Gasteiger partial charge is 0.306 e. The summed E-state index contributed by atoms with van der Waals surface area (Å²) < 4.78 is 29.9. The van der Waals surface area contributed by atoms with Crippen LogP contribution in [0.4, 0.5) is 8.78 Å². The number of nitrogens with zero attached hydrogens (tertiary/aromatic N) is 3. The molecule has 1 aromatic heterocycles. The Kier molecular flexibility index (Phi) is 6.26. The van der Waals surface area contributed by atoms with Crippen LogP contribution in [0, 0.1) is 11.6 Å². The molecule has 1 aliphatic heterocycles. The minimum atomic E-state index is -0.271. The first-order chi connectivity index (χ1) is 17.9. The average molecular weight is 501 g/mol. The molecule has 6 rings (SSSR count). The van der Waals surface area contributed by atoms with E-state index in [1.54, 1.807) is 12.1 Å². The van der Waals surface area contributed by atoms with Gasteiger partial charge < -0.3 is 9.88 Å². The van der Waals surface area contributed by atoms with Crippen LogP contribution >= 0.6 is 0 Å². The number of hydrogen-bond acceptors (Lipinski definition) is 3. The van der Waals surface area contributed by atoms with Gasteiger partial charge in [-0.15, -0.1) is 0 Å². The van der Waals surface area contributed by atoms with E-state index in [1.807, 2.05) is 34.9 Å². The third-order valence-corrected chi connectivity index (χ3v) is 7.72. The number of hydrogen-bond donors (Lipinski definition) is 1. The second-order valence-corrected chi connectivity index (χ2v) is 10.2. The monoisotopic (exact) mass is 500 g/mol. The van der Waals surface area contributed by atoms with Crippen molar-refractivity contribution in [3.63, 3.8) is 0 Å². The molecule has 1 aliphatic carbocycles. The number of aromatic nitrogens is 2. The molecule has 0 bridgehead atoms. The lowest BCUT2D eigenvalue weighted by Gasteiger charge is -2.32. The summed E-state index contributed by atoms with van der Waals surface area (Å²) in [7, 11) is 2.14. The van der Waals surface area contributed by atoms with Crippen LogP contribution in [0.15, 0.2) is 59.4 Å². The van der Waals surface area contributed by atoms with Crippen molar-refractivity contribution < 1.29 is 8.78 Å². The van der Waals surface area contributed by atoms with Crippen molar-refractivity contribution in [3.8, 4) is 0 Å². The lowest BCUT2D eigenvalue weighted by Crippen LogP contribution is -2.45. The molecule has 1 fully saturated rings. The zero-order chi connectivity index (χ0) is 25.5. The number of likely N-dealkylation sites (N-methyl/N-ethyl adjacent to an activating group) is 1. The molecule has 3 aromatic carbocycles. The van der Waals surface area contributed by atoms with Gasteiger partial charge in [0.2, 0.25) is 0 Å². The van der Waals surface area contributed by atoms with Crippen molar-refractivity contribution in [1.82, 2.24) is 19.4 Å². The largest absolute Gasteiger partial charge is 0.326 e. The normalized spacial score (nSPS) is 16.5. The van der Waals surface area contributed by atoms with Crippen molar-refractivity contribution in [2.24, 2.45) is 0 Å². The predicted octanol–water partition coefficient (Wildman–Crippen LogP) is 4.54. The molecule has 4 aromatic rings. The maximum absolute atomic E-state index is 14.1. The summed E-state index contributed by atoms with van der Waals surface area (Å²) in [6.07, 6.45) is 3.34. The van der Waals surface area contributed by atoms with Gasteiger partial charge in [-0.2, -0.15) is 0 Å². The van der Waals surface area contributed by atoms with E-state index in [0.29, 0.717) is 19.4 Å². The molecule has 0 radical (unpaired) electrons. The number of imidazole rings is 1. The van der Waals surface area contributed by atoms with Gasteiger partial charge in [-0.3, -0.25) is 9.47 Å². The second-order valence-electron chi connectivity index (χ2n) is 10.2. The molecule has 2 aliphatic rings. The van der Waals surface area contributed by atoms with E-state index in [2.05, 4.69) is 27.9 Å². The zero-order valence-corrected chi connectivity index (χ0v) is 20.9. The summed E-state index contributed by atoms with van der Waals surface area (Å²) in [5, 5.41) is 0. The second kappa shape index (κ2) is 9.72. The molecule has 0 amide bonds. The third kappa shape index (κ3) is 4.77. The minimum absolute atomic E-state index is 0.106. The van der Waals surface area contributed by atoms with E-state index in [9.17, 15) is 13.6 Å². The molecule has 37 heavy (non-hydrogen) atoms. The van der Waals surface area contributed by atoms with Gasteiger partial charge in [-0.25, -0.2) is 13.6 Å². The molecule has 0 saturated carbocycles. The number of fused-ring (bicyclic) bond motifs is 3. The quantitative estimate of drug-likeness (QED) is 0.448. The highest BCUT2D eigenvalue weighted by Gasteiger charge is 2.20. The summed E-state index contributed by atoms with van der Waals surface area (Å²) in [4.78, 5) is 20.5. The van der Waals surface area contributed by atoms with E-state index >= 15 is 0 Å². The number of benzene rings is 3. The van der Waals surface area contributed by atoms with Gasteiger partial charge in [0, 0.05) is 39.3 Å². The summed E-state index contributed by atoms with van der Waals surface area (Å²) in [5.74, 6) is -0.542. The highest BCUT2D eigenvalue weighted by atomic mass is 19.1. The van der Waals surface area contributed by atoms with Crippen molar-refractivity contribution in [1.29, 1.82) is 0 Å². The fraction of sp³-hybridized carbons (Fsp3) is 0.300. The van der Waals surface area contributed by atoms with Crippen LogP contribution in [0.25, 0.3) is 22.7 Å². The maximum Gasteiger partial charge on any atom is 0.326 e. The van der Waals surface area contributed by atoms with Crippen LogP contribution in [0.1, 0.15) is 27.8 Å². The molecule has 0 unspecified atom stereocenters. The van der Waals surface area contributed by atoms with Gasteiger partial charge in [0.05, 0.1) is 11.0 Å². The fourth-order valence-corrected chi connectivity index (χ4v) is 5.61. The van der Waals surface area contributed by atoms with Crippen LogP contribution in [0.3, 0.4) is 0 Å². The summed E-state index contributed by atoms with van der Waals surface area (Å²) in [6.45, 7) is 5.61. The number of H-pyrrole nitrogens is 1. The zero-order valence-electron chi connectivity index (χ0n) is 20.9. The molecule has 1 N–H and O–H groups in total. The van der Waals surface area contributed by atoms with Gasteiger partial charge in [0.1, 0.15) is 11.6 Å². The number of halogens is 2. The summed E-state index contributed by atoms with van der Waals surface area (Å²) >= 11 is 0. The van der Waals surface area contributed by atoms with Crippen LogP contribution < -0.4 is 5.69 Å². The molecule has 7 heteroatoms. The number of aryl methyl sites for hydroxylation is 2. The standard InChI is InChI=1S/C30H30F2N4O/c1-34-10-12-35(13-11-34)14-15-36-29-9-2-20(17-28(29)33-30(36)37)16-27-25-7-5-23(31)18-21(25)3-4-22-19-24(32)6-8-26(22)27/h2,5-9,16-19H,3-4,10-15H2,1H3,(H,33,37). The first kappa shape index (κ1) is 23.8. The SMILES string of the molecule is CN1CCN(CCn2c(=O)[nH]c3cc(C=C4c5ccc(F)cc5CCc5cc(F)ccc54)ccc32)CC1. The molecule has 1 saturated heterocycles. The van der Waals surface area contributed by atoms with Crippen LogP contribution in [-0.2, 0) is 19.4 Å². The average Bonchev–Trinajstić information content (AvgIpc) is 3.12. The predicted molar refractivity (Wildman–Crippen MR) is 144 cm³/mol. The van der Waals surface area contributed by atoms with Gasteiger partial charge in [-0.05, 0) is 95.8 Å². The fourth-order valence-electron chi connectivity index (χ4n) is 5.61. The van der Waals surface area contributed by atoms with Gasteiger partial charge in [0.15, 0.2) is 0 Å². The topological polar surface area (TPSA) is 44.3 Å². The van der Waals surface area contributed by atoms with Crippen molar-refractivity contribution >= 4 is 22.7 Å². The van der Waals surface area contributed by atoms with Crippen LogP contribution in [-0.4, -0.2) is 59.1 Å². The van der Waals surface area contributed by atoms with E-state index in [-0.39, 0.29) is 17.3 Å². The van der Waals surface area contributed by atoms with E-state index < -0.39 is 0 Å². The Bertz CT molecular complexity index is 1500. The lowest BCUT2D eigenvalue weighted by molar-refractivity contribution is 0.150. The van der Waals surface area contributed by atoms with Gasteiger partial charge in [0.25, 0.3) is 0 Å². The molecule has 0 atom stereocenters. The Balaban J connectivity index is 1.36. The maximum atomic E-state index is 14.1. The first-order valence-corrected chi connectivity index (χ1v) is 12.9. The van der Waals surface area contributed by atoms with Crippen molar-refractivity contribution in [2.45, 2.75) is 19.4 Å². The Labute approximate surface area is 214 Å². The number of aromatic amines is 1. The van der Waals surface area contributed by atoms with E-state index in [1.165, 1.54) is 12.1 Å². The van der Waals surface area contributed by atoms with Crippen molar-refractivity contribution in [3.05, 3.63) is 105 Å². The minimum Gasteiger partial charge on any atom is -0.306 e. The Morgan fingerprint density at radius 2 is 1.49 bits per heavy atom. The molecule has 5 nitrogen and oxygen atoms in total. The van der Waals surface area contributed by atoms with E-state index in [0.717, 1.165) is 77.1 Å². The summed E-state index contributed by atoms with van der Waals surface area (Å²) in [6, 6.07) is 15.7. The Hall–Kier alpha value is -3.55. The van der Waals surface area contributed by atoms with Gasteiger partial charge in [-0.1, -0.05) is 18.2 Å². The molecule has 190 valence electrons. The van der Waals surface area contributed by atoms with Crippen LogP contribution in [0.2, 0.25) is 0 Å². The lowest BCUT2D eigenvalue weighted by atomic mass is 9.92. The molecule has 2 heterocycles.